The van der Waals surface area contributed by atoms with E-state index in [0.29, 0.717) is 12.0 Å². The summed E-state index contributed by atoms with van der Waals surface area (Å²) in [6.45, 7) is 2.84. The van der Waals surface area contributed by atoms with Crippen LogP contribution in [-0.4, -0.2) is 64.8 Å². The van der Waals surface area contributed by atoms with E-state index in [1.807, 2.05) is 4.90 Å². The second-order valence-corrected chi connectivity index (χ2v) is 9.48. The van der Waals surface area contributed by atoms with Gasteiger partial charge < -0.3 is 15.3 Å². The lowest BCUT2D eigenvalue weighted by Gasteiger charge is -2.71. The average Bonchev–Trinajstić information content (AvgIpc) is 3.50. The molecule has 0 radical (unpaired) electrons. The van der Waals surface area contributed by atoms with Crippen LogP contribution in [0.25, 0.3) is 0 Å². The number of aliphatic hydroxyl groups is 1. The van der Waals surface area contributed by atoms with Crippen LogP contribution in [0.5, 0.6) is 0 Å². The van der Waals surface area contributed by atoms with Crippen molar-refractivity contribution in [2.24, 2.45) is 5.92 Å². The van der Waals surface area contributed by atoms with Gasteiger partial charge in [0.05, 0.1) is 12.1 Å². The number of urea groups is 1. The summed E-state index contributed by atoms with van der Waals surface area (Å²) in [5.74, 6) is 1.10. The zero-order valence-corrected chi connectivity index (χ0v) is 16.7. The van der Waals surface area contributed by atoms with Crippen LogP contribution in [0.4, 0.5) is 4.79 Å². The number of benzene rings is 1. The highest BCUT2D eigenvalue weighted by Crippen LogP contribution is 2.55. The Bertz CT molecular complexity index is 693. The lowest BCUT2D eigenvalue weighted by Crippen LogP contribution is -2.85. The molecule has 0 aromatic heterocycles. The van der Waals surface area contributed by atoms with Crippen molar-refractivity contribution >= 4 is 6.03 Å². The summed E-state index contributed by atoms with van der Waals surface area (Å²) < 4.78 is 0. The lowest BCUT2D eigenvalue weighted by atomic mass is 9.60. The van der Waals surface area contributed by atoms with Crippen LogP contribution in [0.15, 0.2) is 30.3 Å². The summed E-state index contributed by atoms with van der Waals surface area (Å²) in [5.41, 5.74) is 1.32. The molecular weight excluding hydrogens is 350 g/mol. The van der Waals surface area contributed by atoms with Gasteiger partial charge in [0.15, 0.2) is 0 Å². The van der Waals surface area contributed by atoms with E-state index in [4.69, 9.17) is 0 Å². The zero-order chi connectivity index (χ0) is 19.1. The minimum atomic E-state index is 0.0151. The quantitative estimate of drug-likeness (QED) is 0.822. The van der Waals surface area contributed by atoms with Gasteiger partial charge in [0.1, 0.15) is 0 Å². The second-order valence-electron chi connectivity index (χ2n) is 9.48. The summed E-state index contributed by atoms with van der Waals surface area (Å²) in [7, 11) is 0. The predicted molar refractivity (Wildman–Crippen MR) is 109 cm³/mol. The predicted octanol–water partition coefficient (Wildman–Crippen LogP) is 2.95. The highest BCUT2D eigenvalue weighted by Gasteiger charge is 2.66. The molecule has 2 atom stereocenters. The number of amides is 2. The Hall–Kier alpha value is -1.59. The summed E-state index contributed by atoms with van der Waals surface area (Å²) in [6.07, 6.45) is 8.64. The van der Waals surface area contributed by atoms with Crippen LogP contribution in [0, 0.1) is 5.92 Å². The number of hydrogen-bond acceptors (Lipinski definition) is 3. The second kappa shape index (κ2) is 7.34. The molecule has 152 valence electrons. The van der Waals surface area contributed by atoms with Crippen molar-refractivity contribution in [2.45, 2.75) is 68.5 Å². The first-order valence-electron chi connectivity index (χ1n) is 11.2. The molecular formula is C23H33N3O2. The van der Waals surface area contributed by atoms with Gasteiger partial charge in [-0.2, -0.15) is 0 Å². The molecule has 2 saturated heterocycles. The van der Waals surface area contributed by atoms with Gasteiger partial charge in [-0.15, -0.1) is 0 Å². The lowest BCUT2D eigenvalue weighted by molar-refractivity contribution is -0.179. The molecule has 2 aliphatic carbocycles. The molecule has 5 rings (SSSR count). The van der Waals surface area contributed by atoms with Crippen LogP contribution in [-0.2, 0) is 0 Å². The van der Waals surface area contributed by atoms with Gasteiger partial charge in [-0.25, -0.2) is 4.79 Å². The van der Waals surface area contributed by atoms with E-state index >= 15 is 0 Å². The van der Waals surface area contributed by atoms with Gasteiger partial charge in [-0.3, -0.25) is 4.90 Å². The third kappa shape index (κ3) is 3.13. The molecule has 0 bridgehead atoms. The minimum absolute atomic E-state index is 0.0151. The molecule has 4 fully saturated rings. The van der Waals surface area contributed by atoms with Gasteiger partial charge >= 0.3 is 6.03 Å². The Morgan fingerprint density at radius 3 is 2.43 bits per heavy atom. The molecule has 2 aliphatic heterocycles. The Kier molecular flexibility index (Phi) is 4.84. The fourth-order valence-corrected chi connectivity index (χ4v) is 5.91. The molecule has 0 unspecified atom stereocenters. The van der Waals surface area contributed by atoms with Crippen molar-refractivity contribution in [2.75, 3.05) is 26.2 Å². The number of carbonyl (C=O) groups is 1. The number of carbonyl (C=O) groups excluding carboxylic acids is 1. The Balaban J connectivity index is 1.30. The van der Waals surface area contributed by atoms with Crippen molar-refractivity contribution < 1.29 is 9.90 Å². The van der Waals surface area contributed by atoms with E-state index < -0.39 is 0 Å². The SMILES string of the molecule is O=C(NC1CCCCC1)N1CC2(C1)[C@H](c1ccccc1)[C@@H](CO)N2CC1CC1. The number of rotatable bonds is 5. The van der Waals surface area contributed by atoms with Crippen LogP contribution < -0.4 is 5.32 Å². The molecule has 1 aromatic rings. The Morgan fingerprint density at radius 1 is 1.07 bits per heavy atom. The molecule has 5 heteroatoms. The maximum absolute atomic E-state index is 12.8. The van der Waals surface area contributed by atoms with Crippen molar-refractivity contribution in [1.29, 1.82) is 0 Å². The fraction of sp³-hybridized carbons (Fsp3) is 0.696. The van der Waals surface area contributed by atoms with E-state index in [1.165, 1.54) is 37.7 Å². The first-order chi connectivity index (χ1) is 13.7. The molecule has 2 amide bonds. The Morgan fingerprint density at radius 2 is 1.79 bits per heavy atom. The molecule has 2 saturated carbocycles. The van der Waals surface area contributed by atoms with Crippen LogP contribution >= 0.6 is 0 Å². The van der Waals surface area contributed by atoms with Gasteiger partial charge in [-0.05, 0) is 37.2 Å². The van der Waals surface area contributed by atoms with Crippen molar-refractivity contribution in [1.82, 2.24) is 15.1 Å². The third-order valence-electron chi connectivity index (χ3n) is 7.58. The fourth-order valence-electron chi connectivity index (χ4n) is 5.91. The van der Waals surface area contributed by atoms with Gasteiger partial charge in [-0.1, -0.05) is 49.6 Å². The number of nitrogens with one attached hydrogen (secondary N) is 1. The van der Waals surface area contributed by atoms with E-state index in [-0.39, 0.29) is 24.2 Å². The molecule has 1 spiro atoms. The molecule has 2 heterocycles. The topological polar surface area (TPSA) is 55.8 Å². The largest absolute Gasteiger partial charge is 0.395 e. The summed E-state index contributed by atoms with van der Waals surface area (Å²) in [6, 6.07) is 11.3. The number of likely N-dealkylation sites (tertiary alicyclic amines) is 2. The molecule has 2 N–H and O–H groups in total. The first kappa shape index (κ1) is 18.4. The minimum Gasteiger partial charge on any atom is -0.395 e. The average molecular weight is 384 g/mol. The maximum Gasteiger partial charge on any atom is 0.317 e. The van der Waals surface area contributed by atoms with E-state index in [0.717, 1.165) is 38.4 Å². The van der Waals surface area contributed by atoms with Crippen molar-refractivity contribution in [3.8, 4) is 0 Å². The van der Waals surface area contributed by atoms with Gasteiger partial charge in [0, 0.05) is 37.6 Å². The number of nitrogens with zero attached hydrogens (tertiary/aromatic N) is 2. The van der Waals surface area contributed by atoms with E-state index in [9.17, 15) is 9.90 Å². The molecule has 1 aromatic carbocycles. The smallest absolute Gasteiger partial charge is 0.317 e. The molecule has 5 nitrogen and oxygen atoms in total. The maximum atomic E-state index is 12.8. The van der Waals surface area contributed by atoms with E-state index in [2.05, 4.69) is 40.5 Å². The normalized spacial score (nSPS) is 30.0. The van der Waals surface area contributed by atoms with Crippen molar-refractivity contribution in [3.63, 3.8) is 0 Å². The Labute approximate surface area is 168 Å². The van der Waals surface area contributed by atoms with Crippen molar-refractivity contribution in [3.05, 3.63) is 35.9 Å². The van der Waals surface area contributed by atoms with Crippen LogP contribution in [0.3, 0.4) is 0 Å². The molecule has 4 aliphatic rings. The van der Waals surface area contributed by atoms with E-state index in [1.54, 1.807) is 0 Å². The first-order valence-corrected chi connectivity index (χ1v) is 11.2. The van der Waals surface area contributed by atoms with Crippen LogP contribution in [0.1, 0.15) is 56.4 Å². The summed E-state index contributed by atoms with van der Waals surface area (Å²) >= 11 is 0. The highest BCUT2D eigenvalue weighted by molar-refractivity contribution is 5.76. The number of aliphatic hydroxyl groups excluding tert-OH is 1. The van der Waals surface area contributed by atoms with Gasteiger partial charge in [0.2, 0.25) is 0 Å². The monoisotopic (exact) mass is 383 g/mol. The van der Waals surface area contributed by atoms with Gasteiger partial charge in [0.25, 0.3) is 0 Å². The summed E-state index contributed by atoms with van der Waals surface area (Å²) in [4.78, 5) is 17.3. The van der Waals surface area contributed by atoms with Crippen LogP contribution in [0.2, 0.25) is 0 Å². The highest BCUT2D eigenvalue weighted by atomic mass is 16.3. The zero-order valence-electron chi connectivity index (χ0n) is 16.7. The standard InChI is InChI=1S/C23H33N3O2/c27-14-20-21(18-7-3-1-4-8-18)23(26(20)13-17-11-12-17)15-25(16-23)22(28)24-19-9-5-2-6-10-19/h1,3-4,7-8,17,19-21,27H,2,5-6,9-16H2,(H,24,28)/t20-,21-/m1/s1. The number of hydrogen-bond donors (Lipinski definition) is 2. The summed E-state index contributed by atoms with van der Waals surface area (Å²) in [5, 5.41) is 13.4. The molecule has 28 heavy (non-hydrogen) atoms. The third-order valence-corrected chi connectivity index (χ3v) is 7.58.